The van der Waals surface area contributed by atoms with Crippen LogP contribution in [0, 0.1) is 0 Å². The van der Waals surface area contributed by atoms with E-state index in [1.54, 1.807) is 30.3 Å². The van der Waals surface area contributed by atoms with E-state index >= 15 is 0 Å². The van der Waals surface area contributed by atoms with E-state index < -0.39 is 12.2 Å². The summed E-state index contributed by atoms with van der Waals surface area (Å²) < 4.78 is 5.28. The van der Waals surface area contributed by atoms with Gasteiger partial charge in [0.25, 0.3) is 5.91 Å². The Hall–Kier alpha value is -3.32. The van der Waals surface area contributed by atoms with Gasteiger partial charge in [-0.1, -0.05) is 29.8 Å². The number of carbonyl (C=O) groups is 3. The van der Waals surface area contributed by atoms with Crippen LogP contribution in [0.25, 0.3) is 11.6 Å². The van der Waals surface area contributed by atoms with Gasteiger partial charge >= 0.3 is 6.09 Å². The summed E-state index contributed by atoms with van der Waals surface area (Å²) in [5.74, 6) is -0.355. The lowest BCUT2D eigenvalue weighted by Gasteiger charge is -2.13. The molecule has 2 aliphatic heterocycles. The number of cyclic esters (lactones) is 1. The molecule has 148 valence electrons. The number of benzene rings is 2. The van der Waals surface area contributed by atoms with Gasteiger partial charge in [0.1, 0.15) is 6.10 Å². The molecule has 2 aromatic carbocycles. The van der Waals surface area contributed by atoms with E-state index in [4.69, 9.17) is 16.3 Å². The second-order valence-electron chi connectivity index (χ2n) is 6.85. The third kappa shape index (κ3) is 3.95. The van der Waals surface area contributed by atoms with Crippen molar-refractivity contribution in [2.24, 2.45) is 0 Å². The molecule has 2 N–H and O–H groups in total. The quantitative estimate of drug-likeness (QED) is 0.756. The van der Waals surface area contributed by atoms with E-state index in [0.29, 0.717) is 28.5 Å². The number of hydrogen-bond acceptors (Lipinski definition) is 4. The molecule has 0 unspecified atom stereocenters. The Morgan fingerprint density at radius 3 is 2.76 bits per heavy atom. The summed E-state index contributed by atoms with van der Waals surface area (Å²) in [6, 6.07) is 12.5. The zero-order valence-electron chi connectivity index (χ0n) is 15.6. The molecule has 0 spiro atoms. The zero-order valence-corrected chi connectivity index (χ0v) is 16.3. The SMILES string of the molecule is CC(=O)NC[C@H]1CN(c2ccc(C=C3C(=O)Nc4cc(Cl)ccc43)cc2)C(=O)O1. The van der Waals surface area contributed by atoms with Crippen LogP contribution in [0.1, 0.15) is 18.1 Å². The molecule has 0 saturated carbocycles. The first-order chi connectivity index (χ1) is 13.9. The first-order valence-corrected chi connectivity index (χ1v) is 9.44. The van der Waals surface area contributed by atoms with Gasteiger partial charge in [0.2, 0.25) is 5.91 Å². The highest BCUT2D eigenvalue weighted by molar-refractivity contribution is 6.36. The summed E-state index contributed by atoms with van der Waals surface area (Å²) in [7, 11) is 0. The number of hydrogen-bond donors (Lipinski definition) is 2. The monoisotopic (exact) mass is 411 g/mol. The van der Waals surface area contributed by atoms with Crippen LogP contribution in [-0.2, 0) is 14.3 Å². The lowest BCUT2D eigenvalue weighted by Crippen LogP contribution is -2.33. The second-order valence-corrected chi connectivity index (χ2v) is 7.28. The number of rotatable bonds is 4. The van der Waals surface area contributed by atoms with Crippen molar-refractivity contribution < 1.29 is 19.1 Å². The molecule has 1 fully saturated rings. The minimum absolute atomic E-state index is 0.170. The van der Waals surface area contributed by atoms with E-state index in [0.717, 1.165) is 11.1 Å². The molecule has 4 rings (SSSR count). The molecule has 3 amide bonds. The van der Waals surface area contributed by atoms with Gasteiger partial charge in [-0.25, -0.2) is 4.79 Å². The Balaban J connectivity index is 1.51. The van der Waals surface area contributed by atoms with Crippen LogP contribution in [0.4, 0.5) is 16.2 Å². The van der Waals surface area contributed by atoms with Crippen LogP contribution < -0.4 is 15.5 Å². The fourth-order valence-electron chi connectivity index (χ4n) is 3.32. The molecule has 0 bridgehead atoms. The number of nitrogens with zero attached hydrogens (tertiary/aromatic N) is 1. The standard InChI is InChI=1S/C21H18ClN3O4/c1-12(26)23-10-16-11-25(21(28)29-16)15-5-2-13(3-6-15)8-18-17-7-4-14(22)9-19(17)24-20(18)27/h2-9,16H,10-11H2,1H3,(H,23,26)(H,24,27)/t16-/m0/s1. The summed E-state index contributed by atoms with van der Waals surface area (Å²) >= 11 is 5.98. The second kappa shape index (κ2) is 7.60. The van der Waals surface area contributed by atoms with Gasteiger partial charge in [0.05, 0.1) is 18.8 Å². The molecule has 0 aromatic heterocycles. The summed E-state index contributed by atoms with van der Waals surface area (Å²) in [5, 5.41) is 6.01. The molecule has 1 atom stereocenters. The van der Waals surface area contributed by atoms with Crippen LogP contribution in [0.2, 0.25) is 5.02 Å². The topological polar surface area (TPSA) is 87.7 Å². The largest absolute Gasteiger partial charge is 0.442 e. The van der Waals surface area contributed by atoms with Crippen molar-refractivity contribution in [1.82, 2.24) is 5.32 Å². The third-order valence-corrected chi connectivity index (χ3v) is 4.97. The molecule has 2 aromatic rings. The van der Waals surface area contributed by atoms with Crippen LogP contribution in [-0.4, -0.2) is 37.1 Å². The van der Waals surface area contributed by atoms with E-state index in [9.17, 15) is 14.4 Å². The fraction of sp³-hybridized carbons (Fsp3) is 0.190. The van der Waals surface area contributed by atoms with Crippen molar-refractivity contribution in [2.45, 2.75) is 13.0 Å². The highest BCUT2D eigenvalue weighted by Crippen LogP contribution is 2.35. The van der Waals surface area contributed by atoms with Crippen molar-refractivity contribution in [3.05, 3.63) is 58.6 Å². The molecule has 2 aliphatic rings. The van der Waals surface area contributed by atoms with Crippen molar-refractivity contribution in [3.8, 4) is 0 Å². The first-order valence-electron chi connectivity index (χ1n) is 9.06. The Bertz CT molecular complexity index is 1030. The Morgan fingerprint density at radius 1 is 1.28 bits per heavy atom. The summed E-state index contributed by atoms with van der Waals surface area (Å²) in [6.07, 6.45) is 0.951. The molecule has 0 aliphatic carbocycles. The zero-order chi connectivity index (χ0) is 20.5. The molecule has 29 heavy (non-hydrogen) atoms. The number of nitrogens with one attached hydrogen (secondary N) is 2. The minimum atomic E-state index is -0.451. The number of ether oxygens (including phenoxy) is 1. The Morgan fingerprint density at radius 2 is 2.03 bits per heavy atom. The maximum Gasteiger partial charge on any atom is 0.414 e. The highest BCUT2D eigenvalue weighted by Gasteiger charge is 2.32. The van der Waals surface area contributed by atoms with E-state index in [-0.39, 0.29) is 18.4 Å². The van der Waals surface area contributed by atoms with Gasteiger partial charge in [0.15, 0.2) is 0 Å². The molecule has 1 saturated heterocycles. The number of fused-ring (bicyclic) bond motifs is 1. The predicted molar refractivity (Wildman–Crippen MR) is 111 cm³/mol. The molecule has 8 heteroatoms. The lowest BCUT2D eigenvalue weighted by molar-refractivity contribution is -0.119. The van der Waals surface area contributed by atoms with Crippen molar-refractivity contribution in [1.29, 1.82) is 0 Å². The molecule has 7 nitrogen and oxygen atoms in total. The normalized spacial score (nSPS) is 19.2. The van der Waals surface area contributed by atoms with Gasteiger partial charge in [0, 0.05) is 28.8 Å². The van der Waals surface area contributed by atoms with Crippen molar-refractivity contribution in [3.63, 3.8) is 0 Å². The van der Waals surface area contributed by atoms with Crippen LogP contribution in [0.3, 0.4) is 0 Å². The van der Waals surface area contributed by atoms with Crippen LogP contribution >= 0.6 is 11.6 Å². The Labute approximate surface area is 172 Å². The van der Waals surface area contributed by atoms with Crippen LogP contribution in [0.15, 0.2) is 42.5 Å². The number of anilines is 2. The van der Waals surface area contributed by atoms with E-state index in [1.165, 1.54) is 11.8 Å². The smallest absolute Gasteiger partial charge is 0.414 e. The molecular formula is C21H18ClN3O4. The lowest BCUT2D eigenvalue weighted by atomic mass is 10.0. The number of amides is 3. The van der Waals surface area contributed by atoms with Crippen molar-refractivity contribution >= 4 is 52.5 Å². The minimum Gasteiger partial charge on any atom is -0.442 e. The number of halogens is 1. The first kappa shape index (κ1) is 19.0. The summed E-state index contributed by atoms with van der Waals surface area (Å²) in [6.45, 7) is 2.05. The van der Waals surface area contributed by atoms with Gasteiger partial charge < -0.3 is 15.4 Å². The summed E-state index contributed by atoms with van der Waals surface area (Å²) in [5.41, 5.74) is 3.55. The van der Waals surface area contributed by atoms with Gasteiger partial charge in [-0.2, -0.15) is 0 Å². The molecule has 2 heterocycles. The maximum absolute atomic E-state index is 12.3. The van der Waals surface area contributed by atoms with E-state index in [1.807, 2.05) is 18.2 Å². The average Bonchev–Trinajstić information content (AvgIpc) is 3.20. The predicted octanol–water partition coefficient (Wildman–Crippen LogP) is 3.29. The van der Waals surface area contributed by atoms with Crippen molar-refractivity contribution in [2.75, 3.05) is 23.3 Å². The van der Waals surface area contributed by atoms with Gasteiger partial charge in [-0.15, -0.1) is 0 Å². The van der Waals surface area contributed by atoms with Crippen LogP contribution in [0.5, 0.6) is 0 Å². The fourth-order valence-corrected chi connectivity index (χ4v) is 3.50. The third-order valence-electron chi connectivity index (χ3n) is 4.73. The molecule has 0 radical (unpaired) electrons. The highest BCUT2D eigenvalue weighted by atomic mass is 35.5. The average molecular weight is 412 g/mol. The number of carbonyl (C=O) groups excluding carboxylic acids is 3. The van der Waals surface area contributed by atoms with Gasteiger partial charge in [-0.3, -0.25) is 14.5 Å². The van der Waals surface area contributed by atoms with E-state index in [2.05, 4.69) is 10.6 Å². The summed E-state index contributed by atoms with van der Waals surface area (Å²) in [4.78, 5) is 36.9. The maximum atomic E-state index is 12.3. The molecular weight excluding hydrogens is 394 g/mol. The Kier molecular flexibility index (Phi) is 4.98. The van der Waals surface area contributed by atoms with Gasteiger partial charge in [-0.05, 0) is 35.9 Å².